The SMILES string of the molecule is CC1=C(C)N(C(=O)CN(C)C)c2ccccc2CC1.CN(C)CC(=O)N1c2ccccc2CCc2ccc(N)cc21.O=C(Nc1ccc2c(c1)N(C(=O)CCl)c1ccccc1CC2)OCc1ccccc1.O=C(O)Nc1ccc2c(c1)N(C(=O)Cn1cccc1)c1ccccc1CC2. The van der Waals surface area contributed by atoms with Crippen molar-refractivity contribution in [3.05, 3.63) is 262 Å². The highest BCUT2D eigenvalue weighted by atomic mass is 35.5. The molecule has 5 N–H and O–H groups in total. The van der Waals surface area contributed by atoms with Gasteiger partial charge in [-0.25, -0.2) is 9.59 Å². The third-order valence-corrected chi connectivity index (χ3v) is 17.6. The highest BCUT2D eigenvalue weighted by Gasteiger charge is 2.30. The Morgan fingerprint density at radius 1 is 0.449 bits per heavy atom. The minimum Gasteiger partial charge on any atom is -0.465 e. The molecule has 13 rings (SSSR count). The molecule has 0 aliphatic carbocycles. The van der Waals surface area contributed by atoms with Gasteiger partial charge < -0.3 is 29.9 Å². The number of aromatic nitrogens is 1. The van der Waals surface area contributed by atoms with Crippen molar-refractivity contribution in [2.45, 2.75) is 78.4 Å². The van der Waals surface area contributed by atoms with Crippen LogP contribution in [-0.4, -0.2) is 102 Å². The summed E-state index contributed by atoms with van der Waals surface area (Å²) in [6, 6.07) is 62.0. The summed E-state index contributed by atoms with van der Waals surface area (Å²) in [4.78, 5) is 85.5. The Bertz CT molecular complexity index is 4380. The van der Waals surface area contributed by atoms with Crippen LogP contribution in [0.5, 0.6) is 0 Å². The smallest absolute Gasteiger partial charge is 0.411 e. The van der Waals surface area contributed by atoms with Crippen molar-refractivity contribution >= 4 is 104 Å². The van der Waals surface area contributed by atoms with Crippen LogP contribution in [-0.2, 0) is 82.0 Å². The zero-order chi connectivity index (χ0) is 69.4. The number of anilines is 10. The van der Waals surface area contributed by atoms with E-state index in [9.17, 15) is 28.8 Å². The van der Waals surface area contributed by atoms with E-state index in [1.807, 2.05) is 235 Å². The molecule has 9 aromatic rings. The number of allylic oxidation sites excluding steroid dienone is 2. The van der Waals surface area contributed by atoms with Crippen molar-refractivity contribution in [3.63, 3.8) is 0 Å². The number of fused-ring (bicyclic) bond motifs is 7. The van der Waals surface area contributed by atoms with E-state index in [0.717, 1.165) is 130 Å². The number of likely N-dealkylation sites (N-methyl/N-ethyl adjacent to an activating group) is 2. The number of nitrogen functional groups attached to an aromatic ring is 1. The summed E-state index contributed by atoms with van der Waals surface area (Å²) in [5, 5.41) is 14.2. The second kappa shape index (κ2) is 32.8. The third-order valence-electron chi connectivity index (χ3n) is 17.4. The lowest BCUT2D eigenvalue weighted by Crippen LogP contribution is -2.37. The summed E-state index contributed by atoms with van der Waals surface area (Å²) in [5.74, 6) is -0.224. The predicted molar refractivity (Wildman–Crippen MR) is 392 cm³/mol. The van der Waals surface area contributed by atoms with E-state index in [-0.39, 0.29) is 42.7 Å². The van der Waals surface area contributed by atoms with E-state index in [0.29, 0.717) is 30.2 Å². The topological polar surface area (TPSA) is 206 Å². The lowest BCUT2D eigenvalue weighted by Gasteiger charge is -2.26. The Kier molecular flexibility index (Phi) is 23.4. The number of nitrogens with two attached hydrogens (primary N) is 1. The minimum atomic E-state index is -1.13. The first kappa shape index (κ1) is 70.0. The summed E-state index contributed by atoms with van der Waals surface area (Å²) in [6.45, 7) is 5.35. The number of alkyl halides is 1. The van der Waals surface area contributed by atoms with Gasteiger partial charge in [0.2, 0.25) is 17.7 Å². The molecule has 0 spiro atoms. The number of carbonyl (C=O) groups excluding carboxylic acids is 5. The standard InChI is InChI=1S/C24H21ClN2O3.C21H19N3O3.C18H21N3O.C16H22N2O/c25-15-23(28)27-21-9-5-4-8-18(21)10-11-19-12-13-20(14-22(19)27)26-24(29)30-16-17-6-2-1-3-7-17;25-20(14-23-11-3-4-12-23)24-18-6-2-1-5-15(18)7-8-16-9-10-17(13-19(16)24)22-21(26)27;1-20(2)12-18(22)21-16-6-4-3-5-13(16)7-8-14-9-10-15(19)11-17(14)21;1-12-9-10-14-7-5-6-8-15(14)18(13(12)2)16(19)11-17(3)4/h1-9,12-14H,10-11,15-16H2,(H,26,29);1-6,9-13,22H,7-8,14H2,(H,26,27);3-6,9-11H,7-8,12,19H2,1-2H3;5-8H,9-11H2,1-4H3. The van der Waals surface area contributed by atoms with Gasteiger partial charge in [0.15, 0.2) is 0 Å². The Morgan fingerprint density at radius 2 is 0.837 bits per heavy atom. The fraction of sp³-hybridized carbons (Fsp3) is 0.241. The number of halogens is 1. The van der Waals surface area contributed by atoms with Gasteiger partial charge in [-0.2, -0.15) is 0 Å². The number of carbonyl (C=O) groups is 6. The van der Waals surface area contributed by atoms with E-state index >= 15 is 0 Å². The molecule has 0 radical (unpaired) electrons. The van der Waals surface area contributed by atoms with Gasteiger partial charge in [-0.3, -0.25) is 49.4 Å². The lowest BCUT2D eigenvalue weighted by atomic mass is 10.0. The van der Waals surface area contributed by atoms with Crippen LogP contribution >= 0.6 is 11.6 Å². The van der Waals surface area contributed by atoms with Crippen LogP contribution in [0.25, 0.3) is 0 Å². The second-order valence-electron chi connectivity index (χ2n) is 25.0. The maximum atomic E-state index is 13.2. The van der Waals surface area contributed by atoms with Crippen molar-refractivity contribution in [3.8, 4) is 0 Å². The van der Waals surface area contributed by atoms with Crippen LogP contribution in [0.2, 0.25) is 0 Å². The van der Waals surface area contributed by atoms with E-state index in [1.165, 1.54) is 16.7 Å². The van der Waals surface area contributed by atoms with Gasteiger partial charge in [0.25, 0.3) is 5.91 Å². The fourth-order valence-electron chi connectivity index (χ4n) is 12.5. The third kappa shape index (κ3) is 17.4. The molecule has 4 aliphatic rings. The van der Waals surface area contributed by atoms with E-state index in [4.69, 9.17) is 27.2 Å². The number of ether oxygens (including phenoxy) is 1. The molecule has 6 amide bonds. The second-order valence-corrected chi connectivity index (χ2v) is 25.2. The summed E-state index contributed by atoms with van der Waals surface area (Å²) >= 11 is 5.91. The fourth-order valence-corrected chi connectivity index (χ4v) is 12.6. The van der Waals surface area contributed by atoms with Crippen LogP contribution in [0, 0.1) is 0 Å². The summed E-state index contributed by atoms with van der Waals surface area (Å²) in [6.07, 6.45) is 9.11. The number of carboxylic acid groups (broad SMARTS) is 1. The van der Waals surface area contributed by atoms with Crippen molar-refractivity contribution in [2.24, 2.45) is 0 Å². The van der Waals surface area contributed by atoms with Crippen LogP contribution in [0.15, 0.2) is 218 Å². The van der Waals surface area contributed by atoms with Gasteiger partial charge in [-0.05, 0) is 211 Å². The van der Waals surface area contributed by atoms with Crippen LogP contribution in [0.3, 0.4) is 0 Å². The molecule has 0 saturated heterocycles. The maximum absolute atomic E-state index is 13.2. The maximum Gasteiger partial charge on any atom is 0.411 e. The van der Waals surface area contributed by atoms with Crippen molar-refractivity contribution in [1.29, 1.82) is 0 Å². The molecule has 98 heavy (non-hydrogen) atoms. The quantitative estimate of drug-likeness (QED) is 0.0708. The van der Waals surface area contributed by atoms with Gasteiger partial charge in [0.1, 0.15) is 19.0 Å². The van der Waals surface area contributed by atoms with Gasteiger partial charge in [-0.1, -0.05) is 127 Å². The first-order chi connectivity index (χ1) is 47.3. The molecule has 8 aromatic carbocycles. The number of hydrogen-bond acceptors (Lipinski definition) is 10. The van der Waals surface area contributed by atoms with E-state index in [2.05, 4.69) is 29.7 Å². The predicted octanol–water partition coefficient (Wildman–Crippen LogP) is 14.9. The van der Waals surface area contributed by atoms with Crippen LogP contribution < -0.4 is 36.0 Å². The molecule has 504 valence electrons. The molecule has 0 saturated carbocycles. The van der Waals surface area contributed by atoms with Gasteiger partial charge in [-0.15, -0.1) is 11.6 Å². The molecule has 4 aliphatic heterocycles. The summed E-state index contributed by atoms with van der Waals surface area (Å²) in [5.41, 5.74) is 24.8. The van der Waals surface area contributed by atoms with Crippen molar-refractivity contribution < 1.29 is 38.6 Å². The number of para-hydroxylation sites is 4. The Labute approximate surface area is 578 Å². The molecule has 19 heteroatoms. The van der Waals surface area contributed by atoms with E-state index < -0.39 is 12.2 Å². The first-order valence-corrected chi connectivity index (χ1v) is 33.2. The molecule has 0 fully saturated rings. The van der Waals surface area contributed by atoms with Gasteiger partial charge >= 0.3 is 12.2 Å². The van der Waals surface area contributed by atoms with Crippen molar-refractivity contribution in [1.82, 2.24) is 14.4 Å². The Morgan fingerprint density at radius 3 is 1.31 bits per heavy atom. The highest BCUT2D eigenvalue weighted by molar-refractivity contribution is 6.30. The number of benzene rings is 8. The summed E-state index contributed by atoms with van der Waals surface area (Å²) < 4.78 is 7.13. The molecule has 0 unspecified atom stereocenters. The van der Waals surface area contributed by atoms with E-state index in [1.54, 1.807) is 28.0 Å². The first-order valence-electron chi connectivity index (χ1n) is 32.7. The number of rotatable bonds is 11. The van der Waals surface area contributed by atoms with Crippen LogP contribution in [0.4, 0.5) is 66.5 Å². The largest absolute Gasteiger partial charge is 0.465 e. The summed E-state index contributed by atoms with van der Waals surface area (Å²) in [7, 11) is 7.66. The average molecular weight is 1340 g/mol. The Balaban J connectivity index is 0.000000144. The number of aryl methyl sites for hydroxylation is 7. The molecule has 0 atom stereocenters. The number of amides is 6. The molecular formula is C79H83ClN10O8. The monoisotopic (exact) mass is 1330 g/mol. The van der Waals surface area contributed by atoms with Gasteiger partial charge in [0, 0.05) is 35.2 Å². The molecule has 5 heterocycles. The molecular weight excluding hydrogens is 1250 g/mol. The number of nitrogens with one attached hydrogen (secondary N) is 2. The minimum absolute atomic E-state index is 0.0613. The lowest BCUT2D eigenvalue weighted by molar-refractivity contribution is -0.119. The molecule has 1 aromatic heterocycles. The highest BCUT2D eigenvalue weighted by Crippen LogP contribution is 2.41. The van der Waals surface area contributed by atoms with Crippen LogP contribution in [0.1, 0.15) is 64.8 Å². The zero-order valence-electron chi connectivity index (χ0n) is 56.2. The number of nitrogens with zero attached hydrogens (tertiary/aromatic N) is 7. The number of hydrogen-bond donors (Lipinski definition) is 4. The zero-order valence-corrected chi connectivity index (χ0v) is 57.0. The van der Waals surface area contributed by atoms with Crippen molar-refractivity contribution in [2.75, 3.05) is 83.1 Å². The molecule has 18 nitrogen and oxygen atoms in total. The van der Waals surface area contributed by atoms with Gasteiger partial charge in [0.05, 0.1) is 52.9 Å². The normalized spacial score (nSPS) is 13.3. The average Bonchev–Trinajstić information content (AvgIpc) is 1.63. The molecule has 0 bridgehead atoms. The Hall–Kier alpha value is -10.8.